The molecule has 168 valence electrons. The van der Waals surface area contributed by atoms with Gasteiger partial charge in [0.15, 0.2) is 6.61 Å². The SMILES string of the molecule is Cc1cc(C)c(C)c(OCC(=O)N(Cc2ccc(Cl)c(Cl)c2)C(C)C(=O)NC(C)C)c1. The van der Waals surface area contributed by atoms with Gasteiger partial charge in [-0.05, 0) is 82.0 Å². The number of benzene rings is 2. The number of aryl methyl sites for hydroxylation is 2. The van der Waals surface area contributed by atoms with Crippen LogP contribution in [0.15, 0.2) is 30.3 Å². The Kier molecular flexibility index (Phi) is 8.78. The number of carbonyl (C=O) groups excluding carboxylic acids is 2. The highest BCUT2D eigenvalue weighted by Crippen LogP contribution is 2.25. The average Bonchev–Trinajstić information content (AvgIpc) is 2.69. The molecule has 7 heteroatoms. The van der Waals surface area contributed by atoms with E-state index in [2.05, 4.69) is 11.4 Å². The van der Waals surface area contributed by atoms with Crippen LogP contribution in [-0.2, 0) is 16.1 Å². The molecule has 0 aliphatic rings. The second-order valence-corrected chi connectivity index (χ2v) is 8.92. The van der Waals surface area contributed by atoms with Crippen LogP contribution in [0, 0.1) is 20.8 Å². The van der Waals surface area contributed by atoms with E-state index in [0.29, 0.717) is 15.8 Å². The van der Waals surface area contributed by atoms with Gasteiger partial charge >= 0.3 is 0 Å². The van der Waals surface area contributed by atoms with E-state index in [-0.39, 0.29) is 31.0 Å². The standard InChI is InChI=1S/C24H30Cl2N2O3/c1-14(2)27-24(30)18(6)28(12-19-7-8-20(25)21(26)11-19)23(29)13-31-22-10-15(3)9-16(4)17(22)5/h7-11,14,18H,12-13H2,1-6H3,(H,27,30). The summed E-state index contributed by atoms with van der Waals surface area (Å²) in [6.07, 6.45) is 0. The molecule has 2 amide bonds. The molecule has 0 saturated heterocycles. The number of hydrogen-bond donors (Lipinski definition) is 1. The van der Waals surface area contributed by atoms with Gasteiger partial charge in [0.1, 0.15) is 11.8 Å². The van der Waals surface area contributed by atoms with Crippen molar-refractivity contribution in [2.45, 2.75) is 60.2 Å². The zero-order chi connectivity index (χ0) is 23.3. The Morgan fingerprint density at radius 1 is 1.03 bits per heavy atom. The van der Waals surface area contributed by atoms with Crippen molar-refractivity contribution >= 4 is 35.0 Å². The summed E-state index contributed by atoms with van der Waals surface area (Å²) < 4.78 is 5.86. The number of halogens is 2. The number of carbonyl (C=O) groups is 2. The Morgan fingerprint density at radius 3 is 2.32 bits per heavy atom. The summed E-state index contributed by atoms with van der Waals surface area (Å²) in [5.41, 5.74) is 3.91. The zero-order valence-corrected chi connectivity index (χ0v) is 20.4. The molecule has 5 nitrogen and oxygen atoms in total. The second-order valence-electron chi connectivity index (χ2n) is 8.10. The molecule has 0 bridgehead atoms. The Hall–Kier alpha value is -2.24. The minimum absolute atomic E-state index is 0.0361. The van der Waals surface area contributed by atoms with Crippen molar-refractivity contribution in [3.8, 4) is 5.75 Å². The van der Waals surface area contributed by atoms with Gasteiger partial charge in [0.2, 0.25) is 5.91 Å². The molecule has 0 radical (unpaired) electrons. The Balaban J connectivity index is 2.24. The summed E-state index contributed by atoms with van der Waals surface area (Å²) in [6.45, 7) is 11.4. The summed E-state index contributed by atoms with van der Waals surface area (Å²) in [5, 5.41) is 3.69. The highest BCUT2D eigenvalue weighted by atomic mass is 35.5. The van der Waals surface area contributed by atoms with Crippen LogP contribution >= 0.6 is 23.2 Å². The number of ether oxygens (including phenoxy) is 1. The van der Waals surface area contributed by atoms with E-state index >= 15 is 0 Å². The molecule has 0 aliphatic heterocycles. The first-order valence-corrected chi connectivity index (χ1v) is 11.0. The summed E-state index contributed by atoms with van der Waals surface area (Å²) in [6, 6.07) is 8.42. The van der Waals surface area contributed by atoms with Crippen LogP contribution in [0.2, 0.25) is 10.0 Å². The van der Waals surface area contributed by atoms with Gasteiger partial charge in [-0.1, -0.05) is 35.3 Å². The maximum atomic E-state index is 13.1. The molecule has 0 fully saturated rings. The smallest absolute Gasteiger partial charge is 0.261 e. The monoisotopic (exact) mass is 464 g/mol. The van der Waals surface area contributed by atoms with Crippen molar-refractivity contribution in [2.75, 3.05) is 6.61 Å². The number of rotatable bonds is 8. The Bertz CT molecular complexity index is 960. The van der Waals surface area contributed by atoms with Gasteiger partial charge in [0, 0.05) is 12.6 Å². The van der Waals surface area contributed by atoms with Gasteiger partial charge in [-0.2, -0.15) is 0 Å². The fourth-order valence-corrected chi connectivity index (χ4v) is 3.52. The molecule has 1 unspecified atom stereocenters. The first-order chi connectivity index (χ1) is 14.5. The summed E-state index contributed by atoms with van der Waals surface area (Å²) >= 11 is 12.1. The lowest BCUT2D eigenvalue weighted by molar-refractivity contribution is -0.142. The van der Waals surface area contributed by atoms with Crippen molar-refractivity contribution in [3.05, 3.63) is 62.6 Å². The van der Waals surface area contributed by atoms with Gasteiger partial charge in [0.25, 0.3) is 5.91 Å². The first kappa shape index (κ1) is 25.0. The second kappa shape index (κ2) is 10.9. The number of hydrogen-bond acceptors (Lipinski definition) is 3. The quantitative estimate of drug-likeness (QED) is 0.580. The molecule has 0 spiro atoms. The molecule has 0 heterocycles. The Morgan fingerprint density at radius 2 is 1.71 bits per heavy atom. The van der Waals surface area contributed by atoms with Crippen LogP contribution < -0.4 is 10.1 Å². The van der Waals surface area contributed by atoms with Gasteiger partial charge in [-0.15, -0.1) is 0 Å². The van der Waals surface area contributed by atoms with Crippen LogP contribution in [0.3, 0.4) is 0 Å². The molecule has 2 rings (SSSR count). The van der Waals surface area contributed by atoms with E-state index in [1.165, 1.54) is 4.90 Å². The zero-order valence-electron chi connectivity index (χ0n) is 18.9. The first-order valence-electron chi connectivity index (χ1n) is 10.2. The minimum Gasteiger partial charge on any atom is -0.483 e. The van der Waals surface area contributed by atoms with Crippen molar-refractivity contribution in [1.29, 1.82) is 0 Å². The fourth-order valence-electron chi connectivity index (χ4n) is 3.20. The normalized spacial score (nSPS) is 11.9. The molecular weight excluding hydrogens is 435 g/mol. The van der Waals surface area contributed by atoms with E-state index in [1.54, 1.807) is 25.1 Å². The summed E-state index contributed by atoms with van der Waals surface area (Å²) in [4.78, 5) is 27.3. The third-order valence-corrected chi connectivity index (χ3v) is 5.79. The minimum atomic E-state index is -0.687. The fraction of sp³-hybridized carbons (Fsp3) is 0.417. The van der Waals surface area contributed by atoms with E-state index in [9.17, 15) is 9.59 Å². The van der Waals surface area contributed by atoms with Gasteiger partial charge in [-0.25, -0.2) is 0 Å². The van der Waals surface area contributed by atoms with Crippen molar-refractivity contribution < 1.29 is 14.3 Å². The highest BCUT2D eigenvalue weighted by molar-refractivity contribution is 6.42. The summed E-state index contributed by atoms with van der Waals surface area (Å²) in [5.74, 6) is 0.140. The number of nitrogens with zero attached hydrogens (tertiary/aromatic N) is 1. The molecule has 0 saturated carbocycles. The largest absolute Gasteiger partial charge is 0.483 e. The number of nitrogens with one attached hydrogen (secondary N) is 1. The average molecular weight is 465 g/mol. The Labute approximate surface area is 194 Å². The van der Waals surface area contributed by atoms with E-state index in [1.807, 2.05) is 40.7 Å². The van der Waals surface area contributed by atoms with E-state index in [0.717, 1.165) is 22.3 Å². The van der Waals surface area contributed by atoms with Crippen LogP contribution in [0.4, 0.5) is 0 Å². The van der Waals surface area contributed by atoms with Gasteiger partial charge in [0.05, 0.1) is 10.0 Å². The molecule has 1 atom stereocenters. The molecule has 2 aromatic carbocycles. The lowest BCUT2D eigenvalue weighted by atomic mass is 10.1. The summed E-state index contributed by atoms with van der Waals surface area (Å²) in [7, 11) is 0. The molecule has 2 aromatic rings. The van der Waals surface area contributed by atoms with Crippen LogP contribution in [0.25, 0.3) is 0 Å². The van der Waals surface area contributed by atoms with E-state index in [4.69, 9.17) is 27.9 Å². The van der Waals surface area contributed by atoms with Crippen molar-refractivity contribution in [3.63, 3.8) is 0 Å². The molecule has 0 aliphatic carbocycles. The maximum absolute atomic E-state index is 13.1. The lowest BCUT2D eigenvalue weighted by Crippen LogP contribution is -2.50. The van der Waals surface area contributed by atoms with Crippen molar-refractivity contribution in [2.24, 2.45) is 0 Å². The highest BCUT2D eigenvalue weighted by Gasteiger charge is 2.27. The van der Waals surface area contributed by atoms with Crippen LogP contribution in [0.5, 0.6) is 5.75 Å². The molecule has 31 heavy (non-hydrogen) atoms. The molecule has 0 aromatic heterocycles. The van der Waals surface area contributed by atoms with Crippen molar-refractivity contribution in [1.82, 2.24) is 10.2 Å². The molecular formula is C24H30Cl2N2O3. The predicted molar refractivity (Wildman–Crippen MR) is 126 cm³/mol. The third-order valence-electron chi connectivity index (χ3n) is 5.05. The third kappa shape index (κ3) is 6.88. The topological polar surface area (TPSA) is 58.6 Å². The molecule has 1 N–H and O–H groups in total. The van der Waals surface area contributed by atoms with Gasteiger partial charge < -0.3 is 15.0 Å². The predicted octanol–water partition coefficient (Wildman–Crippen LogP) is 5.24. The van der Waals surface area contributed by atoms with Gasteiger partial charge in [-0.3, -0.25) is 9.59 Å². The van der Waals surface area contributed by atoms with E-state index < -0.39 is 6.04 Å². The maximum Gasteiger partial charge on any atom is 0.261 e. The van der Waals surface area contributed by atoms with Crippen LogP contribution in [0.1, 0.15) is 43.0 Å². The lowest BCUT2D eigenvalue weighted by Gasteiger charge is -2.29. The number of amides is 2. The van der Waals surface area contributed by atoms with Crippen LogP contribution in [-0.4, -0.2) is 35.4 Å².